The number of aliphatic hydroxyl groups is 1. The third kappa shape index (κ3) is 2.92. The molecular weight excluding hydrogens is 231 g/mol. The molecule has 90 valence electrons. The van der Waals surface area contributed by atoms with E-state index in [-0.39, 0.29) is 17.6 Å². The molecule has 0 spiro atoms. The Labute approximate surface area is 99.6 Å². The number of benzene rings is 1. The molecule has 5 heteroatoms. The highest BCUT2D eigenvalue weighted by Crippen LogP contribution is 2.26. The van der Waals surface area contributed by atoms with E-state index in [4.69, 9.17) is 17.3 Å². The molecule has 0 amide bonds. The van der Waals surface area contributed by atoms with Gasteiger partial charge in [0.1, 0.15) is 5.82 Å². The van der Waals surface area contributed by atoms with Gasteiger partial charge in [0.15, 0.2) is 0 Å². The molecule has 1 aromatic carbocycles. The van der Waals surface area contributed by atoms with Crippen LogP contribution in [-0.4, -0.2) is 36.8 Å². The quantitative estimate of drug-likeness (QED) is 0.845. The van der Waals surface area contributed by atoms with Crippen LogP contribution in [0.15, 0.2) is 18.2 Å². The smallest absolute Gasteiger partial charge is 0.141 e. The summed E-state index contributed by atoms with van der Waals surface area (Å²) in [5.41, 5.74) is 6.18. The zero-order valence-electron chi connectivity index (χ0n) is 9.32. The maximum absolute atomic E-state index is 13.0. The number of hydrogen-bond acceptors (Lipinski definition) is 3. The number of hydrogen-bond donors (Lipinski definition) is 2. The highest BCUT2D eigenvalue weighted by molar-refractivity contribution is 6.30. The van der Waals surface area contributed by atoms with Crippen LogP contribution in [0.4, 0.5) is 4.39 Å². The van der Waals surface area contributed by atoms with Gasteiger partial charge < -0.3 is 15.7 Å². The lowest BCUT2D eigenvalue weighted by Crippen LogP contribution is -2.36. The van der Waals surface area contributed by atoms with E-state index in [0.717, 1.165) is 5.56 Å². The van der Waals surface area contributed by atoms with Gasteiger partial charge in [-0.1, -0.05) is 17.7 Å². The fourth-order valence-electron chi connectivity index (χ4n) is 1.69. The summed E-state index contributed by atoms with van der Waals surface area (Å²) >= 11 is 5.70. The first-order valence-electron chi connectivity index (χ1n) is 4.97. The van der Waals surface area contributed by atoms with Gasteiger partial charge in [-0.15, -0.1) is 0 Å². The van der Waals surface area contributed by atoms with Crippen LogP contribution in [0.5, 0.6) is 0 Å². The molecule has 0 heterocycles. The van der Waals surface area contributed by atoms with Gasteiger partial charge in [0, 0.05) is 6.54 Å². The summed E-state index contributed by atoms with van der Waals surface area (Å²) in [5.74, 6) is -0.467. The first kappa shape index (κ1) is 13.4. The maximum atomic E-state index is 13.0. The normalized spacial score (nSPS) is 15.2. The average Bonchev–Trinajstić information content (AvgIpc) is 2.22. The van der Waals surface area contributed by atoms with Crippen molar-refractivity contribution in [1.29, 1.82) is 0 Å². The molecule has 3 nitrogen and oxygen atoms in total. The lowest BCUT2D eigenvalue weighted by atomic mass is 10.0. The fourth-order valence-corrected chi connectivity index (χ4v) is 1.88. The highest BCUT2D eigenvalue weighted by atomic mass is 35.5. The van der Waals surface area contributed by atoms with Gasteiger partial charge in [-0.05, 0) is 31.8 Å². The van der Waals surface area contributed by atoms with Crippen molar-refractivity contribution in [3.8, 4) is 0 Å². The van der Waals surface area contributed by atoms with E-state index < -0.39 is 11.9 Å². The zero-order chi connectivity index (χ0) is 12.3. The Morgan fingerprint density at radius 2 is 2.12 bits per heavy atom. The molecule has 2 unspecified atom stereocenters. The topological polar surface area (TPSA) is 49.5 Å². The van der Waals surface area contributed by atoms with E-state index in [9.17, 15) is 9.50 Å². The molecule has 2 atom stereocenters. The predicted octanol–water partition coefficient (Wildman–Crippen LogP) is 1.40. The second-order valence-corrected chi connectivity index (χ2v) is 4.29. The first-order valence-corrected chi connectivity index (χ1v) is 5.34. The number of nitrogens with two attached hydrogens (primary N) is 1. The Bertz CT molecular complexity index is 360. The molecule has 1 rings (SSSR count). The lowest BCUT2D eigenvalue weighted by molar-refractivity contribution is 0.0823. The third-order valence-electron chi connectivity index (χ3n) is 2.45. The van der Waals surface area contributed by atoms with Crippen LogP contribution >= 0.6 is 11.6 Å². The Morgan fingerprint density at radius 3 is 2.56 bits per heavy atom. The number of nitrogens with zero attached hydrogens (tertiary/aromatic N) is 1. The van der Waals surface area contributed by atoms with Crippen molar-refractivity contribution < 1.29 is 9.50 Å². The van der Waals surface area contributed by atoms with Gasteiger partial charge in [-0.2, -0.15) is 0 Å². The van der Waals surface area contributed by atoms with Gasteiger partial charge in [-0.25, -0.2) is 4.39 Å². The van der Waals surface area contributed by atoms with Crippen LogP contribution in [-0.2, 0) is 0 Å². The number of aliphatic hydroxyl groups excluding tert-OH is 1. The summed E-state index contributed by atoms with van der Waals surface area (Å²) < 4.78 is 13.0. The molecule has 0 saturated heterocycles. The van der Waals surface area contributed by atoms with Crippen molar-refractivity contribution in [2.24, 2.45) is 5.73 Å². The minimum Gasteiger partial charge on any atom is -0.390 e. The zero-order valence-corrected chi connectivity index (χ0v) is 10.1. The summed E-state index contributed by atoms with van der Waals surface area (Å²) in [5, 5.41) is 9.85. The van der Waals surface area contributed by atoms with Crippen molar-refractivity contribution in [2.75, 3.05) is 20.6 Å². The second-order valence-electron chi connectivity index (χ2n) is 3.89. The third-order valence-corrected chi connectivity index (χ3v) is 2.74. The summed E-state index contributed by atoms with van der Waals surface area (Å²) in [6, 6.07) is 4.12. The Balaban J connectivity index is 3.06. The standard InChI is InChI=1S/C11H16ClFN2O/c1-15(2)11(10(16)6-14)7-3-4-9(13)8(12)5-7/h3-5,10-11,16H,6,14H2,1-2H3. The summed E-state index contributed by atoms with van der Waals surface area (Å²) in [6.45, 7) is 0.137. The monoisotopic (exact) mass is 246 g/mol. The van der Waals surface area contributed by atoms with Crippen LogP contribution in [0.2, 0.25) is 5.02 Å². The molecule has 1 aromatic rings. The van der Waals surface area contributed by atoms with E-state index in [1.165, 1.54) is 12.1 Å². The van der Waals surface area contributed by atoms with Crippen molar-refractivity contribution in [2.45, 2.75) is 12.1 Å². The second kappa shape index (κ2) is 5.59. The van der Waals surface area contributed by atoms with Crippen molar-refractivity contribution in [3.63, 3.8) is 0 Å². The van der Waals surface area contributed by atoms with Crippen LogP contribution in [0, 0.1) is 5.82 Å². The molecule has 0 radical (unpaired) electrons. The number of rotatable bonds is 4. The molecule has 0 aliphatic carbocycles. The van der Waals surface area contributed by atoms with Crippen LogP contribution in [0.3, 0.4) is 0 Å². The minimum atomic E-state index is -0.712. The Morgan fingerprint density at radius 1 is 1.50 bits per heavy atom. The van der Waals surface area contributed by atoms with Gasteiger partial charge in [-0.3, -0.25) is 0 Å². The van der Waals surface area contributed by atoms with Gasteiger partial charge in [0.25, 0.3) is 0 Å². The van der Waals surface area contributed by atoms with E-state index >= 15 is 0 Å². The Kier molecular flexibility index (Phi) is 4.68. The summed E-state index contributed by atoms with van der Waals surface area (Å²) in [6.07, 6.45) is -0.712. The van der Waals surface area contributed by atoms with Crippen LogP contribution in [0.25, 0.3) is 0 Å². The Hall–Kier alpha value is -0.680. The van der Waals surface area contributed by atoms with E-state index in [0.29, 0.717) is 0 Å². The number of halogens is 2. The van der Waals surface area contributed by atoms with E-state index in [1.807, 2.05) is 19.0 Å². The molecular formula is C11H16ClFN2O. The SMILES string of the molecule is CN(C)C(c1ccc(F)c(Cl)c1)C(O)CN. The molecule has 16 heavy (non-hydrogen) atoms. The molecule has 0 aliphatic heterocycles. The van der Waals surface area contributed by atoms with Gasteiger partial charge in [0.05, 0.1) is 17.2 Å². The van der Waals surface area contributed by atoms with Crippen LogP contribution in [0.1, 0.15) is 11.6 Å². The first-order chi connectivity index (χ1) is 7.47. The van der Waals surface area contributed by atoms with Gasteiger partial charge in [0.2, 0.25) is 0 Å². The lowest BCUT2D eigenvalue weighted by Gasteiger charge is -2.28. The predicted molar refractivity (Wildman–Crippen MR) is 62.9 cm³/mol. The number of likely N-dealkylation sites (N-methyl/N-ethyl adjacent to an activating group) is 1. The molecule has 0 saturated carbocycles. The minimum absolute atomic E-state index is 0.0496. The van der Waals surface area contributed by atoms with Crippen molar-refractivity contribution >= 4 is 11.6 Å². The van der Waals surface area contributed by atoms with Crippen molar-refractivity contribution in [3.05, 3.63) is 34.6 Å². The average molecular weight is 247 g/mol. The van der Waals surface area contributed by atoms with Gasteiger partial charge >= 0.3 is 0 Å². The molecule has 0 fully saturated rings. The molecule has 0 aromatic heterocycles. The highest BCUT2D eigenvalue weighted by Gasteiger charge is 2.22. The molecule has 3 N–H and O–H groups in total. The molecule has 0 bridgehead atoms. The van der Waals surface area contributed by atoms with E-state index in [2.05, 4.69) is 0 Å². The summed E-state index contributed by atoms with van der Waals surface area (Å²) in [4.78, 5) is 1.82. The largest absolute Gasteiger partial charge is 0.390 e. The summed E-state index contributed by atoms with van der Waals surface area (Å²) in [7, 11) is 3.64. The van der Waals surface area contributed by atoms with Crippen LogP contribution < -0.4 is 5.73 Å². The van der Waals surface area contributed by atoms with E-state index in [1.54, 1.807) is 6.07 Å². The molecule has 0 aliphatic rings. The maximum Gasteiger partial charge on any atom is 0.141 e. The fraction of sp³-hybridized carbons (Fsp3) is 0.455. The van der Waals surface area contributed by atoms with Crippen molar-refractivity contribution in [1.82, 2.24) is 4.90 Å².